The second-order valence-corrected chi connectivity index (χ2v) is 7.62. The van der Waals surface area contributed by atoms with Gasteiger partial charge in [-0.25, -0.2) is 4.79 Å². The minimum atomic E-state index is -0.537. The molecule has 7 heteroatoms. The molecule has 1 aromatic rings. The molecule has 146 valence electrons. The van der Waals surface area contributed by atoms with Crippen LogP contribution in [0.25, 0.3) is 0 Å². The van der Waals surface area contributed by atoms with Crippen LogP contribution in [-0.4, -0.2) is 30.5 Å². The predicted molar refractivity (Wildman–Crippen MR) is 101 cm³/mol. The number of amides is 4. The molecule has 27 heavy (non-hydrogen) atoms. The van der Waals surface area contributed by atoms with Gasteiger partial charge in [0.25, 0.3) is 5.91 Å². The summed E-state index contributed by atoms with van der Waals surface area (Å²) in [6.07, 6.45) is 5.02. The maximum absolute atomic E-state index is 12.1. The van der Waals surface area contributed by atoms with Crippen LogP contribution < -0.4 is 20.7 Å². The standard InChI is InChI=1S/C20H27N3O4/c1-12(16-10-14-7-8-15(16)9-14)21-20(26)23-19(25)11-27-18-6-4-3-5-17(18)22-13(2)24/h3-6,12,14-16H,7-11H2,1-2H3,(H,22,24)(H2,21,23,25,26)/t12-,14+,15+,16-/m1/s1. The van der Waals surface area contributed by atoms with Crippen LogP contribution in [0.1, 0.15) is 39.5 Å². The zero-order valence-corrected chi connectivity index (χ0v) is 15.8. The van der Waals surface area contributed by atoms with E-state index in [0.29, 0.717) is 23.3 Å². The molecule has 0 spiro atoms. The van der Waals surface area contributed by atoms with Gasteiger partial charge in [-0.15, -0.1) is 0 Å². The van der Waals surface area contributed by atoms with E-state index in [2.05, 4.69) is 16.0 Å². The number of carbonyl (C=O) groups is 3. The van der Waals surface area contributed by atoms with Crippen molar-refractivity contribution in [2.75, 3.05) is 11.9 Å². The van der Waals surface area contributed by atoms with Crippen molar-refractivity contribution in [1.29, 1.82) is 0 Å². The van der Waals surface area contributed by atoms with Crippen molar-refractivity contribution in [3.8, 4) is 5.75 Å². The SMILES string of the molecule is CC(=O)Nc1ccccc1OCC(=O)NC(=O)N[C@H](C)[C@H]1C[C@H]2CC[C@H]1C2. The number of fused-ring (bicyclic) bond motifs is 2. The topological polar surface area (TPSA) is 96.5 Å². The van der Waals surface area contributed by atoms with Gasteiger partial charge in [-0.3, -0.25) is 14.9 Å². The minimum absolute atomic E-state index is 0.0505. The summed E-state index contributed by atoms with van der Waals surface area (Å²) in [5, 5.41) is 7.83. The lowest BCUT2D eigenvalue weighted by molar-refractivity contribution is -0.122. The van der Waals surface area contributed by atoms with Crippen molar-refractivity contribution in [2.24, 2.45) is 17.8 Å². The van der Waals surface area contributed by atoms with E-state index in [-0.39, 0.29) is 18.6 Å². The zero-order chi connectivity index (χ0) is 19.4. The summed E-state index contributed by atoms with van der Waals surface area (Å²) in [6, 6.07) is 6.38. The van der Waals surface area contributed by atoms with Crippen molar-refractivity contribution < 1.29 is 19.1 Å². The Morgan fingerprint density at radius 3 is 2.63 bits per heavy atom. The van der Waals surface area contributed by atoms with Crippen LogP contribution in [0.3, 0.4) is 0 Å². The van der Waals surface area contributed by atoms with Crippen LogP contribution in [-0.2, 0) is 9.59 Å². The minimum Gasteiger partial charge on any atom is -0.482 e. The Bertz CT molecular complexity index is 721. The van der Waals surface area contributed by atoms with Gasteiger partial charge in [0.1, 0.15) is 5.75 Å². The molecule has 2 aliphatic carbocycles. The maximum atomic E-state index is 12.1. The number of carbonyl (C=O) groups excluding carboxylic acids is 3. The molecule has 0 aliphatic heterocycles. The molecule has 0 unspecified atom stereocenters. The van der Waals surface area contributed by atoms with E-state index in [1.807, 2.05) is 6.92 Å². The second kappa shape index (κ2) is 8.41. The van der Waals surface area contributed by atoms with Crippen LogP contribution in [0.2, 0.25) is 0 Å². The van der Waals surface area contributed by atoms with Crippen LogP contribution >= 0.6 is 0 Å². The van der Waals surface area contributed by atoms with Crippen molar-refractivity contribution in [1.82, 2.24) is 10.6 Å². The fraction of sp³-hybridized carbons (Fsp3) is 0.550. The average molecular weight is 373 g/mol. The summed E-state index contributed by atoms with van der Waals surface area (Å²) in [4.78, 5) is 35.3. The van der Waals surface area contributed by atoms with E-state index in [9.17, 15) is 14.4 Å². The molecule has 2 bridgehead atoms. The van der Waals surface area contributed by atoms with Gasteiger partial charge in [0.15, 0.2) is 6.61 Å². The van der Waals surface area contributed by atoms with E-state index in [4.69, 9.17) is 4.74 Å². The molecule has 3 rings (SSSR count). The van der Waals surface area contributed by atoms with Crippen LogP contribution in [0.5, 0.6) is 5.75 Å². The Morgan fingerprint density at radius 1 is 1.19 bits per heavy atom. The molecular formula is C20H27N3O4. The number of ether oxygens (including phenoxy) is 1. The summed E-state index contributed by atoms with van der Waals surface area (Å²) in [7, 11) is 0. The third-order valence-electron chi connectivity index (χ3n) is 5.60. The van der Waals surface area contributed by atoms with Gasteiger partial charge in [0.05, 0.1) is 5.69 Å². The molecule has 2 saturated carbocycles. The van der Waals surface area contributed by atoms with Gasteiger partial charge in [-0.1, -0.05) is 18.6 Å². The number of hydrogen-bond donors (Lipinski definition) is 3. The number of imide groups is 1. The van der Waals surface area contributed by atoms with Gasteiger partial charge in [0.2, 0.25) is 5.91 Å². The molecule has 0 radical (unpaired) electrons. The Kier molecular flexibility index (Phi) is 5.98. The summed E-state index contributed by atoms with van der Waals surface area (Å²) < 4.78 is 5.44. The highest BCUT2D eigenvalue weighted by Crippen LogP contribution is 2.49. The van der Waals surface area contributed by atoms with Gasteiger partial charge >= 0.3 is 6.03 Å². The lowest BCUT2D eigenvalue weighted by Crippen LogP contribution is -2.48. The molecule has 7 nitrogen and oxygen atoms in total. The molecule has 1 aromatic carbocycles. The zero-order valence-electron chi connectivity index (χ0n) is 15.8. The first kappa shape index (κ1) is 19.2. The normalized spacial score (nSPS) is 24.1. The highest BCUT2D eigenvalue weighted by molar-refractivity contribution is 5.95. The molecule has 2 aliphatic rings. The highest BCUT2D eigenvalue weighted by Gasteiger charge is 2.42. The van der Waals surface area contributed by atoms with E-state index >= 15 is 0 Å². The molecule has 4 amide bonds. The Labute approximate surface area is 159 Å². The molecule has 0 aromatic heterocycles. The number of rotatable bonds is 6. The van der Waals surface area contributed by atoms with Crippen molar-refractivity contribution in [3.63, 3.8) is 0 Å². The van der Waals surface area contributed by atoms with E-state index < -0.39 is 11.9 Å². The van der Waals surface area contributed by atoms with Gasteiger partial charge in [-0.05, 0) is 56.1 Å². The Morgan fingerprint density at radius 2 is 1.96 bits per heavy atom. The Balaban J connectivity index is 1.44. The first-order chi connectivity index (χ1) is 12.9. The average Bonchev–Trinajstić information content (AvgIpc) is 3.23. The lowest BCUT2D eigenvalue weighted by atomic mass is 9.84. The molecule has 2 fully saturated rings. The molecule has 4 atom stereocenters. The van der Waals surface area contributed by atoms with E-state index in [0.717, 1.165) is 5.92 Å². The monoisotopic (exact) mass is 373 g/mol. The molecule has 3 N–H and O–H groups in total. The quantitative estimate of drug-likeness (QED) is 0.714. The number of anilines is 1. The number of nitrogens with one attached hydrogen (secondary N) is 3. The van der Waals surface area contributed by atoms with Crippen molar-refractivity contribution in [2.45, 2.75) is 45.6 Å². The van der Waals surface area contributed by atoms with Crippen LogP contribution in [0, 0.1) is 17.8 Å². The summed E-state index contributed by atoms with van der Waals surface area (Å²) in [5.41, 5.74) is 0.479. The van der Waals surface area contributed by atoms with E-state index in [1.165, 1.54) is 32.6 Å². The second-order valence-electron chi connectivity index (χ2n) is 7.62. The third kappa shape index (κ3) is 4.99. The predicted octanol–water partition coefficient (Wildman–Crippen LogP) is 2.67. The summed E-state index contributed by atoms with van der Waals surface area (Å²) in [5.74, 6) is 1.62. The smallest absolute Gasteiger partial charge is 0.321 e. The Hall–Kier alpha value is -2.57. The fourth-order valence-electron chi connectivity index (χ4n) is 4.45. The number of hydrogen-bond acceptors (Lipinski definition) is 4. The number of para-hydroxylation sites is 2. The van der Waals surface area contributed by atoms with Crippen molar-refractivity contribution in [3.05, 3.63) is 24.3 Å². The third-order valence-corrected chi connectivity index (χ3v) is 5.60. The van der Waals surface area contributed by atoms with Gasteiger partial charge in [0, 0.05) is 13.0 Å². The van der Waals surface area contributed by atoms with Crippen molar-refractivity contribution >= 4 is 23.5 Å². The first-order valence-corrected chi connectivity index (χ1v) is 9.52. The molecule has 0 saturated heterocycles. The lowest BCUT2D eigenvalue weighted by Gasteiger charge is -2.28. The van der Waals surface area contributed by atoms with Crippen LogP contribution in [0.15, 0.2) is 24.3 Å². The van der Waals surface area contributed by atoms with E-state index in [1.54, 1.807) is 24.3 Å². The largest absolute Gasteiger partial charge is 0.482 e. The highest BCUT2D eigenvalue weighted by atomic mass is 16.5. The molecule has 0 heterocycles. The van der Waals surface area contributed by atoms with Gasteiger partial charge in [-0.2, -0.15) is 0 Å². The summed E-state index contributed by atoms with van der Waals surface area (Å²) >= 11 is 0. The summed E-state index contributed by atoms with van der Waals surface area (Å²) in [6.45, 7) is 3.09. The first-order valence-electron chi connectivity index (χ1n) is 9.52. The van der Waals surface area contributed by atoms with Gasteiger partial charge < -0.3 is 15.4 Å². The fourth-order valence-corrected chi connectivity index (χ4v) is 4.45. The number of urea groups is 1. The maximum Gasteiger partial charge on any atom is 0.321 e. The number of benzene rings is 1. The van der Waals surface area contributed by atoms with Crippen LogP contribution in [0.4, 0.5) is 10.5 Å². The molecular weight excluding hydrogens is 346 g/mol.